The van der Waals surface area contributed by atoms with Gasteiger partial charge in [-0.2, -0.15) is 5.10 Å². The molecular formula is C22H24N4O3. The third-order valence-corrected chi connectivity index (χ3v) is 4.37. The molecule has 0 atom stereocenters. The number of anilines is 2. The Morgan fingerprint density at radius 2 is 1.62 bits per heavy atom. The van der Waals surface area contributed by atoms with Gasteiger partial charge in [-0.1, -0.05) is 48.5 Å². The van der Waals surface area contributed by atoms with Gasteiger partial charge in [0.2, 0.25) is 5.91 Å². The van der Waals surface area contributed by atoms with Crippen LogP contribution < -0.4 is 10.6 Å². The number of carbonyl (C=O) groups excluding carboxylic acids is 2. The standard InChI is InChI=1S/C22H24N4O3/c1-22(2,21(28)25-18-11-7-4-8-12-18)26-14-19(13-23-26)24-20(27)16-29-15-17-9-5-3-6-10-17/h3-14H,15-16H2,1-2H3,(H,24,27)(H,25,28). The molecule has 0 unspecified atom stereocenters. The van der Waals surface area contributed by atoms with Gasteiger partial charge in [-0.3, -0.25) is 14.3 Å². The first-order chi connectivity index (χ1) is 13.9. The molecule has 1 aromatic heterocycles. The van der Waals surface area contributed by atoms with Crippen molar-refractivity contribution in [3.05, 3.63) is 78.6 Å². The van der Waals surface area contributed by atoms with E-state index in [-0.39, 0.29) is 18.4 Å². The van der Waals surface area contributed by atoms with Crippen molar-refractivity contribution in [1.82, 2.24) is 9.78 Å². The van der Waals surface area contributed by atoms with Gasteiger partial charge in [0.05, 0.1) is 18.5 Å². The Balaban J connectivity index is 1.53. The van der Waals surface area contributed by atoms with Crippen LogP contribution in [0.1, 0.15) is 19.4 Å². The van der Waals surface area contributed by atoms with Crippen LogP contribution in [0.5, 0.6) is 0 Å². The van der Waals surface area contributed by atoms with Crippen LogP contribution in [-0.4, -0.2) is 28.2 Å². The Morgan fingerprint density at radius 3 is 2.31 bits per heavy atom. The Labute approximate surface area is 169 Å². The Hall–Kier alpha value is -3.45. The summed E-state index contributed by atoms with van der Waals surface area (Å²) in [6, 6.07) is 18.9. The van der Waals surface area contributed by atoms with Gasteiger partial charge in [-0.05, 0) is 31.5 Å². The number of benzene rings is 2. The molecule has 2 amide bonds. The van der Waals surface area contributed by atoms with Crippen molar-refractivity contribution >= 4 is 23.2 Å². The molecule has 7 nitrogen and oxygen atoms in total. The number of hydrogen-bond acceptors (Lipinski definition) is 4. The lowest BCUT2D eigenvalue weighted by atomic mass is 10.0. The molecule has 1 heterocycles. The van der Waals surface area contributed by atoms with Crippen molar-refractivity contribution in [1.29, 1.82) is 0 Å². The van der Waals surface area contributed by atoms with Gasteiger partial charge in [0, 0.05) is 11.9 Å². The molecule has 0 bridgehead atoms. The van der Waals surface area contributed by atoms with E-state index in [1.54, 1.807) is 20.0 Å². The van der Waals surface area contributed by atoms with E-state index in [9.17, 15) is 9.59 Å². The molecule has 0 spiro atoms. The lowest BCUT2D eigenvalue weighted by Crippen LogP contribution is -2.40. The molecule has 0 aliphatic rings. The molecular weight excluding hydrogens is 368 g/mol. The van der Waals surface area contributed by atoms with Crippen LogP contribution >= 0.6 is 0 Å². The van der Waals surface area contributed by atoms with E-state index in [0.29, 0.717) is 18.0 Å². The zero-order chi connectivity index (χ0) is 20.7. The van der Waals surface area contributed by atoms with E-state index < -0.39 is 5.54 Å². The van der Waals surface area contributed by atoms with Crippen LogP contribution in [0.4, 0.5) is 11.4 Å². The van der Waals surface area contributed by atoms with Gasteiger partial charge in [0.15, 0.2) is 0 Å². The molecule has 29 heavy (non-hydrogen) atoms. The monoisotopic (exact) mass is 392 g/mol. The van der Waals surface area contributed by atoms with Crippen LogP contribution in [0.25, 0.3) is 0 Å². The Morgan fingerprint density at radius 1 is 0.966 bits per heavy atom. The highest BCUT2D eigenvalue weighted by atomic mass is 16.5. The molecule has 7 heteroatoms. The molecule has 0 saturated carbocycles. The van der Waals surface area contributed by atoms with Gasteiger partial charge < -0.3 is 15.4 Å². The summed E-state index contributed by atoms with van der Waals surface area (Å²) < 4.78 is 6.95. The van der Waals surface area contributed by atoms with E-state index in [2.05, 4.69) is 15.7 Å². The first-order valence-corrected chi connectivity index (χ1v) is 9.28. The number of para-hydroxylation sites is 1. The highest BCUT2D eigenvalue weighted by molar-refractivity contribution is 5.96. The van der Waals surface area contributed by atoms with Gasteiger partial charge in [-0.15, -0.1) is 0 Å². The van der Waals surface area contributed by atoms with E-state index in [4.69, 9.17) is 4.74 Å². The second kappa shape index (κ2) is 9.16. The van der Waals surface area contributed by atoms with Gasteiger partial charge in [-0.25, -0.2) is 0 Å². The molecule has 0 fully saturated rings. The number of amides is 2. The predicted molar refractivity (Wildman–Crippen MR) is 111 cm³/mol. The number of hydrogen-bond donors (Lipinski definition) is 2. The lowest BCUT2D eigenvalue weighted by molar-refractivity contribution is -0.123. The normalized spacial score (nSPS) is 11.1. The van der Waals surface area contributed by atoms with E-state index >= 15 is 0 Å². The second-order valence-corrected chi connectivity index (χ2v) is 7.08. The molecule has 0 aliphatic carbocycles. The maximum atomic E-state index is 12.7. The number of nitrogens with one attached hydrogen (secondary N) is 2. The summed E-state index contributed by atoms with van der Waals surface area (Å²) in [7, 11) is 0. The van der Waals surface area contributed by atoms with Crippen LogP contribution in [-0.2, 0) is 26.5 Å². The zero-order valence-electron chi connectivity index (χ0n) is 16.5. The van der Waals surface area contributed by atoms with Gasteiger partial charge >= 0.3 is 0 Å². The van der Waals surface area contributed by atoms with Crippen LogP contribution in [0.3, 0.4) is 0 Å². The van der Waals surface area contributed by atoms with Crippen molar-refractivity contribution in [2.24, 2.45) is 0 Å². The maximum Gasteiger partial charge on any atom is 0.251 e. The highest BCUT2D eigenvalue weighted by Crippen LogP contribution is 2.20. The van der Waals surface area contributed by atoms with Gasteiger partial charge in [0.25, 0.3) is 5.91 Å². The first kappa shape index (κ1) is 20.3. The highest BCUT2D eigenvalue weighted by Gasteiger charge is 2.31. The van der Waals surface area contributed by atoms with Crippen molar-refractivity contribution in [2.45, 2.75) is 26.0 Å². The minimum atomic E-state index is -0.942. The van der Waals surface area contributed by atoms with Crippen LogP contribution in [0.2, 0.25) is 0 Å². The fraction of sp³-hybridized carbons (Fsp3) is 0.227. The fourth-order valence-corrected chi connectivity index (χ4v) is 2.64. The minimum absolute atomic E-state index is 0.0715. The number of rotatable bonds is 8. The van der Waals surface area contributed by atoms with E-state index in [0.717, 1.165) is 5.56 Å². The maximum absolute atomic E-state index is 12.7. The van der Waals surface area contributed by atoms with Crippen molar-refractivity contribution in [3.63, 3.8) is 0 Å². The Kier molecular flexibility index (Phi) is 6.41. The second-order valence-electron chi connectivity index (χ2n) is 7.08. The SMILES string of the molecule is CC(C)(C(=O)Nc1ccccc1)n1cc(NC(=O)COCc2ccccc2)cn1. The van der Waals surface area contributed by atoms with Gasteiger partial charge in [0.1, 0.15) is 12.1 Å². The zero-order valence-corrected chi connectivity index (χ0v) is 16.5. The summed E-state index contributed by atoms with van der Waals surface area (Å²) in [5.41, 5.74) is 1.27. The smallest absolute Gasteiger partial charge is 0.251 e. The molecule has 3 aromatic rings. The summed E-state index contributed by atoms with van der Waals surface area (Å²) >= 11 is 0. The third kappa shape index (κ3) is 5.52. The number of carbonyl (C=O) groups is 2. The molecule has 0 radical (unpaired) electrons. The molecule has 2 N–H and O–H groups in total. The van der Waals surface area contributed by atoms with E-state index in [1.807, 2.05) is 60.7 Å². The molecule has 0 saturated heterocycles. The van der Waals surface area contributed by atoms with Crippen LogP contribution in [0, 0.1) is 0 Å². The quantitative estimate of drug-likeness (QED) is 0.615. The Bertz CT molecular complexity index is 952. The number of ether oxygens (including phenoxy) is 1. The summed E-state index contributed by atoms with van der Waals surface area (Å²) in [6.45, 7) is 3.80. The molecule has 2 aromatic carbocycles. The summed E-state index contributed by atoms with van der Waals surface area (Å²) in [5.74, 6) is -0.497. The largest absolute Gasteiger partial charge is 0.367 e. The lowest BCUT2D eigenvalue weighted by Gasteiger charge is -2.24. The topological polar surface area (TPSA) is 85.2 Å². The van der Waals surface area contributed by atoms with E-state index in [1.165, 1.54) is 10.9 Å². The van der Waals surface area contributed by atoms with Crippen molar-refractivity contribution < 1.29 is 14.3 Å². The molecule has 0 aliphatic heterocycles. The number of aromatic nitrogens is 2. The predicted octanol–water partition coefficient (Wildman–Crippen LogP) is 3.41. The molecule has 3 rings (SSSR count). The summed E-state index contributed by atoms with van der Waals surface area (Å²) in [6.07, 6.45) is 3.13. The summed E-state index contributed by atoms with van der Waals surface area (Å²) in [5, 5.41) is 9.83. The average Bonchev–Trinajstić information content (AvgIpc) is 3.19. The number of nitrogens with zero attached hydrogens (tertiary/aromatic N) is 2. The minimum Gasteiger partial charge on any atom is -0.367 e. The fourth-order valence-electron chi connectivity index (χ4n) is 2.64. The third-order valence-electron chi connectivity index (χ3n) is 4.37. The molecule has 150 valence electrons. The van der Waals surface area contributed by atoms with Crippen LogP contribution in [0.15, 0.2) is 73.1 Å². The average molecular weight is 392 g/mol. The first-order valence-electron chi connectivity index (χ1n) is 9.28. The van der Waals surface area contributed by atoms with Crippen molar-refractivity contribution in [3.8, 4) is 0 Å². The van der Waals surface area contributed by atoms with Crippen molar-refractivity contribution in [2.75, 3.05) is 17.2 Å². The summed E-state index contributed by atoms with van der Waals surface area (Å²) in [4.78, 5) is 24.7.